The minimum atomic E-state index is -0.747. The first kappa shape index (κ1) is 19.0. The lowest BCUT2D eigenvalue weighted by Crippen LogP contribution is -2.07. The fraction of sp³-hybridized carbons (Fsp3) is 0.0870. The Balaban J connectivity index is 1.98. The third-order valence-electron chi connectivity index (χ3n) is 4.85. The van der Waals surface area contributed by atoms with Gasteiger partial charge in [0.2, 0.25) is 0 Å². The predicted octanol–water partition coefficient (Wildman–Crippen LogP) is 4.00. The fourth-order valence-electron chi connectivity index (χ4n) is 3.33. The van der Waals surface area contributed by atoms with Crippen molar-refractivity contribution in [1.29, 1.82) is 5.26 Å². The number of rotatable bonds is 3. The van der Waals surface area contributed by atoms with Gasteiger partial charge in [0.05, 0.1) is 18.2 Å². The van der Waals surface area contributed by atoms with Crippen LogP contribution in [0.25, 0.3) is 33.4 Å². The second-order valence-corrected chi connectivity index (χ2v) is 6.77. The largest absolute Gasteiger partial charge is 0.506 e. The van der Waals surface area contributed by atoms with Crippen LogP contribution in [0.3, 0.4) is 0 Å². The molecule has 30 heavy (non-hydrogen) atoms. The smallest absolute Gasteiger partial charge is 0.349 e. The second-order valence-electron chi connectivity index (χ2n) is 6.77. The highest BCUT2D eigenvalue weighted by atomic mass is 16.5. The highest BCUT2D eigenvalue weighted by molar-refractivity contribution is 5.91. The van der Waals surface area contributed by atoms with Gasteiger partial charge in [-0.2, -0.15) is 5.26 Å². The molecule has 0 bridgehead atoms. The molecule has 2 aromatic carbocycles. The van der Waals surface area contributed by atoms with Crippen LogP contribution in [0.1, 0.15) is 11.1 Å². The number of methoxy groups -OCH3 is 1. The normalized spacial score (nSPS) is 10.7. The van der Waals surface area contributed by atoms with Crippen LogP contribution in [0, 0.1) is 18.3 Å². The predicted molar refractivity (Wildman–Crippen MR) is 113 cm³/mol. The summed E-state index contributed by atoms with van der Waals surface area (Å²) in [5.74, 6) is 0.352. The molecule has 4 aromatic rings. The summed E-state index contributed by atoms with van der Waals surface area (Å²) >= 11 is 0. The molecule has 7 nitrogen and oxygen atoms in total. The summed E-state index contributed by atoms with van der Waals surface area (Å²) in [6.45, 7) is 1.86. The Morgan fingerprint density at radius 2 is 1.90 bits per heavy atom. The van der Waals surface area contributed by atoms with Gasteiger partial charge in [0.25, 0.3) is 0 Å². The van der Waals surface area contributed by atoms with Crippen molar-refractivity contribution < 1.29 is 14.3 Å². The summed E-state index contributed by atoms with van der Waals surface area (Å²) < 4.78 is 10.6. The fourth-order valence-corrected chi connectivity index (χ4v) is 3.33. The van der Waals surface area contributed by atoms with Crippen LogP contribution < -0.4 is 16.1 Å². The Hall–Kier alpha value is -4.31. The number of fused-ring (bicyclic) bond motifs is 1. The molecule has 0 aliphatic rings. The Labute approximate surface area is 171 Å². The molecule has 0 aliphatic carbocycles. The van der Waals surface area contributed by atoms with Crippen LogP contribution in [-0.4, -0.2) is 17.2 Å². The van der Waals surface area contributed by atoms with E-state index in [-0.39, 0.29) is 34.0 Å². The van der Waals surface area contributed by atoms with Gasteiger partial charge in [-0.05, 0) is 48.4 Å². The van der Waals surface area contributed by atoms with Crippen molar-refractivity contribution in [2.75, 3.05) is 12.8 Å². The molecular weight excluding hydrogens is 382 g/mol. The van der Waals surface area contributed by atoms with Gasteiger partial charge in [0.15, 0.2) is 0 Å². The Bertz CT molecular complexity index is 1380. The number of ether oxygens (including phenoxy) is 1. The van der Waals surface area contributed by atoms with Gasteiger partial charge in [0, 0.05) is 5.56 Å². The lowest BCUT2D eigenvalue weighted by Gasteiger charge is -2.12. The van der Waals surface area contributed by atoms with Gasteiger partial charge in [-0.25, -0.2) is 9.78 Å². The number of nitrogens with two attached hydrogens (primary N) is 1. The summed E-state index contributed by atoms with van der Waals surface area (Å²) in [6.07, 6.45) is 0. The molecule has 4 rings (SSSR count). The highest BCUT2D eigenvalue weighted by Gasteiger charge is 2.21. The Morgan fingerprint density at radius 1 is 1.17 bits per heavy atom. The number of aryl methyl sites for hydroxylation is 1. The van der Waals surface area contributed by atoms with Gasteiger partial charge in [0.1, 0.15) is 40.1 Å². The van der Waals surface area contributed by atoms with Crippen molar-refractivity contribution in [3.05, 3.63) is 70.1 Å². The molecule has 0 unspecified atom stereocenters. The van der Waals surface area contributed by atoms with Crippen molar-refractivity contribution in [2.24, 2.45) is 0 Å². The molecule has 2 aromatic heterocycles. The van der Waals surface area contributed by atoms with Crippen molar-refractivity contribution >= 4 is 16.8 Å². The van der Waals surface area contributed by atoms with E-state index in [4.69, 9.17) is 14.9 Å². The summed E-state index contributed by atoms with van der Waals surface area (Å²) in [4.78, 5) is 16.9. The van der Waals surface area contributed by atoms with E-state index in [1.165, 1.54) is 0 Å². The van der Waals surface area contributed by atoms with Crippen LogP contribution in [-0.2, 0) is 0 Å². The third kappa shape index (κ3) is 3.10. The molecule has 2 heterocycles. The van der Waals surface area contributed by atoms with E-state index in [2.05, 4.69) is 11.1 Å². The van der Waals surface area contributed by atoms with Crippen molar-refractivity contribution in [1.82, 2.24) is 4.98 Å². The van der Waals surface area contributed by atoms with Gasteiger partial charge in [-0.1, -0.05) is 18.2 Å². The average Bonchev–Trinajstić information content (AvgIpc) is 2.73. The van der Waals surface area contributed by atoms with E-state index in [9.17, 15) is 15.2 Å². The van der Waals surface area contributed by atoms with E-state index in [1.807, 2.05) is 6.92 Å². The number of hydrogen-bond acceptors (Lipinski definition) is 7. The van der Waals surface area contributed by atoms with Crippen LogP contribution in [0.4, 0.5) is 5.82 Å². The summed E-state index contributed by atoms with van der Waals surface area (Å²) in [5, 5.41) is 20.8. The lowest BCUT2D eigenvalue weighted by molar-refractivity contribution is 0.415. The number of nitriles is 1. The van der Waals surface area contributed by atoms with Crippen LogP contribution in [0.5, 0.6) is 11.5 Å². The zero-order chi connectivity index (χ0) is 21.4. The maximum absolute atomic E-state index is 12.7. The van der Waals surface area contributed by atoms with Gasteiger partial charge < -0.3 is 20.0 Å². The zero-order valence-electron chi connectivity index (χ0n) is 16.3. The van der Waals surface area contributed by atoms with Gasteiger partial charge in [-0.15, -0.1) is 0 Å². The average molecular weight is 399 g/mol. The van der Waals surface area contributed by atoms with Gasteiger partial charge >= 0.3 is 5.63 Å². The topological polar surface area (TPSA) is 122 Å². The molecule has 0 spiro atoms. The highest BCUT2D eigenvalue weighted by Crippen LogP contribution is 2.36. The first-order chi connectivity index (χ1) is 14.4. The number of pyridine rings is 1. The number of nitrogen functional groups attached to an aromatic ring is 1. The molecule has 0 aliphatic heterocycles. The number of aromatic nitrogens is 1. The molecule has 0 amide bonds. The van der Waals surface area contributed by atoms with E-state index < -0.39 is 5.63 Å². The van der Waals surface area contributed by atoms with Crippen LogP contribution in [0.15, 0.2) is 57.7 Å². The maximum atomic E-state index is 12.7. The minimum Gasteiger partial charge on any atom is -0.506 e. The van der Waals surface area contributed by atoms with Crippen molar-refractivity contribution in [3.63, 3.8) is 0 Å². The first-order valence-corrected chi connectivity index (χ1v) is 9.04. The van der Waals surface area contributed by atoms with Crippen LogP contribution >= 0.6 is 0 Å². The molecular formula is C23H17N3O4. The summed E-state index contributed by atoms with van der Waals surface area (Å²) in [7, 11) is 1.56. The molecule has 0 saturated heterocycles. The lowest BCUT2D eigenvalue weighted by atomic mass is 9.98. The molecule has 3 N–H and O–H groups in total. The monoisotopic (exact) mass is 399 g/mol. The summed E-state index contributed by atoms with van der Waals surface area (Å²) in [6, 6.07) is 15.8. The Kier molecular flexibility index (Phi) is 4.60. The minimum absolute atomic E-state index is 0.0522. The quantitative estimate of drug-likeness (QED) is 0.499. The van der Waals surface area contributed by atoms with E-state index >= 15 is 0 Å². The summed E-state index contributed by atoms with van der Waals surface area (Å²) in [5.41, 5.74) is 7.78. The van der Waals surface area contributed by atoms with E-state index in [1.54, 1.807) is 55.6 Å². The Morgan fingerprint density at radius 3 is 2.57 bits per heavy atom. The second kappa shape index (κ2) is 7.26. The molecule has 0 radical (unpaired) electrons. The number of benzene rings is 2. The molecule has 0 saturated carbocycles. The molecule has 0 atom stereocenters. The molecule has 148 valence electrons. The maximum Gasteiger partial charge on any atom is 0.349 e. The standard InChI is InChI=1S/C23H17N3O4/c1-12-3-8-15-19(9-12)30-23(28)20(21(15)27)18-10-16(17(11-24)22(25)26-18)13-4-6-14(29-2)7-5-13/h3-10,27H,1-2H3,(H2,25,26). The third-order valence-corrected chi connectivity index (χ3v) is 4.85. The molecule has 7 heteroatoms. The SMILES string of the molecule is COc1ccc(-c2cc(-c3c(O)c4ccc(C)cc4oc3=O)nc(N)c2C#N)cc1. The number of aromatic hydroxyl groups is 1. The van der Waals surface area contributed by atoms with E-state index in [0.29, 0.717) is 22.3 Å². The van der Waals surface area contributed by atoms with Crippen molar-refractivity contribution in [3.8, 4) is 40.0 Å². The number of hydrogen-bond donors (Lipinski definition) is 2. The van der Waals surface area contributed by atoms with Crippen LogP contribution in [0.2, 0.25) is 0 Å². The van der Waals surface area contributed by atoms with Crippen molar-refractivity contribution in [2.45, 2.75) is 6.92 Å². The molecule has 0 fully saturated rings. The zero-order valence-corrected chi connectivity index (χ0v) is 16.3. The number of anilines is 1. The van der Waals surface area contributed by atoms with E-state index in [0.717, 1.165) is 5.56 Å². The first-order valence-electron chi connectivity index (χ1n) is 9.04. The number of nitrogens with zero attached hydrogens (tertiary/aromatic N) is 2. The van der Waals surface area contributed by atoms with Gasteiger partial charge in [-0.3, -0.25) is 0 Å².